The van der Waals surface area contributed by atoms with Crippen LogP contribution in [0.3, 0.4) is 0 Å². The summed E-state index contributed by atoms with van der Waals surface area (Å²) < 4.78 is 45.8. The summed E-state index contributed by atoms with van der Waals surface area (Å²) in [4.78, 5) is 32.8. The Morgan fingerprint density at radius 2 is 1.73 bits per heavy atom. The molecular weight excluding hydrogens is 487 g/mol. The Hall–Kier alpha value is -4.51. The van der Waals surface area contributed by atoms with Crippen LogP contribution >= 0.6 is 0 Å². The molecule has 0 spiro atoms. The molecule has 0 saturated heterocycles. The van der Waals surface area contributed by atoms with Crippen molar-refractivity contribution in [2.45, 2.75) is 20.1 Å². The van der Waals surface area contributed by atoms with Gasteiger partial charge in [0.25, 0.3) is 11.8 Å². The number of anilines is 1. The molecule has 192 valence electrons. The van der Waals surface area contributed by atoms with Crippen LogP contribution in [0.4, 0.5) is 18.9 Å². The largest absolute Gasteiger partial charge is 0.457 e. The number of benzene rings is 2. The smallest absolute Gasteiger partial charge is 0.416 e. The highest BCUT2D eigenvalue weighted by Gasteiger charge is 2.33. The van der Waals surface area contributed by atoms with Gasteiger partial charge in [-0.05, 0) is 48.0 Å². The van der Waals surface area contributed by atoms with Crippen molar-refractivity contribution in [3.05, 3.63) is 89.4 Å². The van der Waals surface area contributed by atoms with Gasteiger partial charge >= 0.3 is 6.18 Å². The molecule has 0 saturated carbocycles. The summed E-state index contributed by atoms with van der Waals surface area (Å²) in [6, 6.07) is 13.1. The molecule has 2 aromatic heterocycles. The number of nitrogens with one attached hydrogen (secondary N) is 2. The summed E-state index contributed by atoms with van der Waals surface area (Å²) in [6.07, 6.45) is -1.84. The van der Waals surface area contributed by atoms with E-state index in [0.29, 0.717) is 22.4 Å². The third-order valence-electron chi connectivity index (χ3n) is 5.23. The van der Waals surface area contributed by atoms with E-state index in [1.165, 1.54) is 37.6 Å². The zero-order valence-electron chi connectivity index (χ0n) is 18.9. The van der Waals surface area contributed by atoms with Crippen LogP contribution in [0.15, 0.2) is 67.0 Å². The zero-order valence-corrected chi connectivity index (χ0v) is 18.9. The van der Waals surface area contributed by atoms with E-state index < -0.39 is 17.6 Å². The van der Waals surface area contributed by atoms with Crippen LogP contribution in [0.1, 0.15) is 39.4 Å². The average molecular weight is 512 g/mol. The number of amides is 2. The number of nitrogens with two attached hydrogens (primary N) is 1. The average Bonchev–Trinajstić information content (AvgIpc) is 2.87. The Bertz CT molecular complexity index is 1460. The first-order chi connectivity index (χ1) is 17.2. The van der Waals surface area contributed by atoms with E-state index in [0.717, 1.165) is 6.07 Å². The first kappa shape index (κ1) is 27.1. The Labute approximate surface area is 210 Å². The van der Waals surface area contributed by atoms with Crippen molar-refractivity contribution in [2.75, 3.05) is 12.4 Å². The maximum atomic E-state index is 13.3. The Morgan fingerprint density at radius 1 is 0.973 bits per heavy atom. The number of hydrogen-bond acceptors (Lipinski definition) is 6. The molecule has 0 atom stereocenters. The van der Waals surface area contributed by atoms with Crippen molar-refractivity contribution < 1.29 is 27.5 Å². The summed E-state index contributed by atoms with van der Waals surface area (Å²) in [5, 5.41) is 5.51. The molecule has 8 nitrogen and oxygen atoms in total. The molecule has 0 aliphatic carbocycles. The fourth-order valence-corrected chi connectivity index (χ4v) is 3.46. The third kappa shape index (κ3) is 6.19. The molecule has 4 N–H and O–H groups in total. The molecule has 0 aliphatic rings. The van der Waals surface area contributed by atoms with Gasteiger partial charge in [0.15, 0.2) is 0 Å². The van der Waals surface area contributed by atoms with Crippen LogP contribution in [0.25, 0.3) is 10.9 Å². The highest BCUT2D eigenvalue weighted by molar-refractivity contribution is 6.06. The molecule has 2 aromatic carbocycles. The highest BCUT2D eigenvalue weighted by Crippen LogP contribution is 2.34. The molecule has 0 bridgehead atoms. The van der Waals surface area contributed by atoms with Gasteiger partial charge in [-0.15, -0.1) is 0 Å². The number of fused-ring (bicyclic) bond motifs is 1. The SMILES string of the molecule is C.CNC(=O)c1cc(Oc2ccc3ncc(C(=O)Nc4ccc(CN)c(C(F)(F)F)c4)cc3c2)ccn1. The van der Waals surface area contributed by atoms with Crippen molar-refractivity contribution >= 4 is 28.4 Å². The topological polar surface area (TPSA) is 119 Å². The van der Waals surface area contributed by atoms with Crippen LogP contribution in [0.5, 0.6) is 11.5 Å². The number of pyridine rings is 2. The molecule has 2 amide bonds. The molecule has 0 aliphatic heterocycles. The van der Waals surface area contributed by atoms with Gasteiger partial charge < -0.3 is 21.1 Å². The predicted octanol–water partition coefficient (Wildman–Crippen LogP) is 5.15. The number of ether oxygens (including phenoxy) is 1. The summed E-state index contributed by atoms with van der Waals surface area (Å²) in [7, 11) is 1.49. The Kier molecular flexibility index (Phi) is 8.08. The molecule has 2 heterocycles. The number of hydrogen-bond donors (Lipinski definition) is 3. The van der Waals surface area contributed by atoms with Crippen molar-refractivity contribution in [3.63, 3.8) is 0 Å². The van der Waals surface area contributed by atoms with E-state index in [1.54, 1.807) is 30.3 Å². The van der Waals surface area contributed by atoms with Gasteiger partial charge in [0.05, 0.1) is 16.6 Å². The number of carbonyl (C=O) groups is 2. The minimum absolute atomic E-state index is 0. The zero-order chi connectivity index (χ0) is 25.9. The highest BCUT2D eigenvalue weighted by atomic mass is 19.4. The normalized spacial score (nSPS) is 10.9. The van der Waals surface area contributed by atoms with E-state index in [4.69, 9.17) is 10.5 Å². The number of halogens is 3. The maximum Gasteiger partial charge on any atom is 0.416 e. The van der Waals surface area contributed by atoms with Gasteiger partial charge in [-0.2, -0.15) is 13.2 Å². The van der Waals surface area contributed by atoms with E-state index in [1.807, 2.05) is 0 Å². The van der Waals surface area contributed by atoms with E-state index in [2.05, 4.69) is 20.6 Å². The Balaban J connectivity index is 0.00000380. The molecule has 11 heteroatoms. The van der Waals surface area contributed by atoms with Gasteiger partial charge in [0, 0.05) is 43.1 Å². The second-order valence-electron chi connectivity index (χ2n) is 7.66. The quantitative estimate of drug-likeness (QED) is 0.330. The number of aromatic nitrogens is 2. The van der Waals surface area contributed by atoms with Crippen LogP contribution in [-0.4, -0.2) is 28.8 Å². The minimum Gasteiger partial charge on any atom is -0.457 e. The van der Waals surface area contributed by atoms with Crippen LogP contribution in [0.2, 0.25) is 0 Å². The third-order valence-corrected chi connectivity index (χ3v) is 5.23. The lowest BCUT2D eigenvalue weighted by molar-refractivity contribution is -0.138. The van der Waals surface area contributed by atoms with Crippen molar-refractivity contribution in [1.29, 1.82) is 0 Å². The first-order valence-electron chi connectivity index (χ1n) is 10.7. The van der Waals surface area contributed by atoms with E-state index in [-0.39, 0.29) is 42.4 Å². The summed E-state index contributed by atoms with van der Waals surface area (Å²) in [6.45, 7) is -0.283. The van der Waals surface area contributed by atoms with Gasteiger partial charge in [-0.25, -0.2) is 0 Å². The van der Waals surface area contributed by atoms with Gasteiger partial charge in [-0.1, -0.05) is 13.5 Å². The lowest BCUT2D eigenvalue weighted by Crippen LogP contribution is -2.18. The fraction of sp³-hybridized carbons (Fsp3) is 0.154. The summed E-state index contributed by atoms with van der Waals surface area (Å²) in [5.74, 6) is -0.193. The molecule has 4 aromatic rings. The van der Waals surface area contributed by atoms with Crippen molar-refractivity contribution in [1.82, 2.24) is 15.3 Å². The van der Waals surface area contributed by atoms with Crippen molar-refractivity contribution in [3.8, 4) is 11.5 Å². The van der Waals surface area contributed by atoms with Crippen molar-refractivity contribution in [2.24, 2.45) is 5.73 Å². The summed E-state index contributed by atoms with van der Waals surface area (Å²) >= 11 is 0. The monoisotopic (exact) mass is 511 g/mol. The second kappa shape index (κ2) is 11.0. The van der Waals surface area contributed by atoms with Gasteiger partial charge in [-0.3, -0.25) is 19.6 Å². The standard InChI is InChI=1S/C25H20F3N5O3.CH4/c1-30-24(35)22-11-19(6-7-31-22)36-18-4-5-21-15(9-18)8-16(13-32-21)23(34)33-17-3-2-14(12-29)20(10-17)25(26,27)28;/h2-11,13H,12,29H2,1H3,(H,30,35)(H,33,34);1H4. The van der Waals surface area contributed by atoms with E-state index >= 15 is 0 Å². The number of alkyl halides is 3. The van der Waals surface area contributed by atoms with Gasteiger partial charge in [0.2, 0.25) is 0 Å². The molecule has 4 rings (SSSR count). The number of carbonyl (C=O) groups excluding carboxylic acids is 2. The van der Waals surface area contributed by atoms with Crippen LogP contribution in [0, 0.1) is 0 Å². The van der Waals surface area contributed by atoms with Crippen LogP contribution < -0.4 is 21.1 Å². The molecule has 37 heavy (non-hydrogen) atoms. The molecule has 0 unspecified atom stereocenters. The predicted molar refractivity (Wildman–Crippen MR) is 133 cm³/mol. The fourth-order valence-electron chi connectivity index (χ4n) is 3.46. The summed E-state index contributed by atoms with van der Waals surface area (Å²) in [5.41, 5.74) is 5.30. The van der Waals surface area contributed by atoms with E-state index in [9.17, 15) is 22.8 Å². The molecule has 0 radical (unpaired) electrons. The molecular formula is C26H24F3N5O3. The van der Waals surface area contributed by atoms with Crippen LogP contribution in [-0.2, 0) is 12.7 Å². The van der Waals surface area contributed by atoms with Gasteiger partial charge in [0.1, 0.15) is 17.2 Å². The lowest BCUT2D eigenvalue weighted by Gasteiger charge is -2.14. The minimum atomic E-state index is -4.60. The first-order valence-corrected chi connectivity index (χ1v) is 10.7. The number of rotatable bonds is 6. The second-order valence-corrected chi connectivity index (χ2v) is 7.66. The molecule has 0 fully saturated rings. The Morgan fingerprint density at radius 3 is 2.43 bits per heavy atom. The maximum absolute atomic E-state index is 13.3. The number of nitrogens with zero attached hydrogens (tertiary/aromatic N) is 2. The lowest BCUT2D eigenvalue weighted by atomic mass is 10.1.